The summed E-state index contributed by atoms with van der Waals surface area (Å²) in [6.45, 7) is 6.99. The lowest BCUT2D eigenvalue weighted by atomic mass is 10.1. The summed E-state index contributed by atoms with van der Waals surface area (Å²) in [6, 6.07) is 8.45. The smallest absolute Gasteiger partial charge is 0.272 e. The van der Waals surface area contributed by atoms with E-state index in [4.69, 9.17) is 5.53 Å². The summed E-state index contributed by atoms with van der Waals surface area (Å²) in [7, 11) is 0.327. The van der Waals surface area contributed by atoms with Crippen molar-refractivity contribution >= 4 is 19.1 Å². The third-order valence-electron chi connectivity index (χ3n) is 3.62. The van der Waals surface area contributed by atoms with E-state index in [-0.39, 0.29) is 18.0 Å². The molecule has 0 spiro atoms. The lowest BCUT2D eigenvalue weighted by molar-refractivity contribution is 0.702. The molecule has 1 atom stereocenters. The molecule has 1 aromatic heterocycles. The zero-order valence-electron chi connectivity index (χ0n) is 13.4. The first-order chi connectivity index (χ1) is 10.3. The Morgan fingerprint density at radius 3 is 2.68 bits per heavy atom. The molecule has 6 nitrogen and oxygen atoms in total. The third kappa shape index (κ3) is 3.55. The van der Waals surface area contributed by atoms with E-state index in [1.54, 1.807) is 11.6 Å². The number of azide groups is 1. The summed E-state index contributed by atoms with van der Waals surface area (Å²) in [6.07, 6.45) is 0. The van der Waals surface area contributed by atoms with E-state index in [9.17, 15) is 4.79 Å². The molecule has 0 N–H and O–H groups in total. The standard InChI is InChI=1S/C15H21N5OSi/c1-20-13-8-6-5-7-12(13)18-14(15(20)21)11(9-17-19-16)10-22(2,3)4/h5-8,11H,9-10H2,1-4H3/t11-/m0/s1. The van der Waals surface area contributed by atoms with Crippen molar-refractivity contribution in [2.75, 3.05) is 6.54 Å². The number of aromatic nitrogens is 2. The fraction of sp³-hybridized carbons (Fsp3) is 0.467. The zero-order valence-corrected chi connectivity index (χ0v) is 14.4. The van der Waals surface area contributed by atoms with Gasteiger partial charge in [-0.05, 0) is 23.7 Å². The van der Waals surface area contributed by atoms with Crippen molar-refractivity contribution in [3.8, 4) is 0 Å². The van der Waals surface area contributed by atoms with Crippen LogP contribution in [0.25, 0.3) is 21.5 Å². The van der Waals surface area contributed by atoms with E-state index in [1.165, 1.54) is 0 Å². The van der Waals surface area contributed by atoms with Crippen LogP contribution in [0.5, 0.6) is 0 Å². The molecule has 0 saturated carbocycles. The predicted molar refractivity (Wildman–Crippen MR) is 91.9 cm³/mol. The topological polar surface area (TPSA) is 83.7 Å². The van der Waals surface area contributed by atoms with E-state index in [0.717, 1.165) is 17.1 Å². The van der Waals surface area contributed by atoms with E-state index in [2.05, 4.69) is 34.7 Å². The molecular formula is C15H21N5OSi. The molecule has 0 amide bonds. The molecule has 0 radical (unpaired) electrons. The van der Waals surface area contributed by atoms with Gasteiger partial charge in [-0.15, -0.1) is 0 Å². The molecule has 0 aliphatic carbocycles. The Labute approximate surface area is 130 Å². The lowest BCUT2D eigenvalue weighted by Crippen LogP contribution is -2.31. The molecule has 116 valence electrons. The SMILES string of the molecule is Cn1c(=O)c([C@@H](CN=[N+]=[N-])C[Si](C)(C)C)nc2ccccc21. The number of hydrogen-bond donors (Lipinski definition) is 0. The molecule has 22 heavy (non-hydrogen) atoms. The van der Waals surface area contributed by atoms with Crippen molar-refractivity contribution < 1.29 is 0 Å². The number of aryl methyl sites for hydroxylation is 1. The van der Waals surface area contributed by atoms with Gasteiger partial charge in [0.15, 0.2) is 0 Å². The Bertz CT molecular complexity index is 787. The molecule has 7 heteroatoms. The average Bonchev–Trinajstić information content (AvgIpc) is 2.46. The van der Waals surface area contributed by atoms with Crippen molar-refractivity contribution in [1.29, 1.82) is 0 Å². The van der Waals surface area contributed by atoms with Crippen LogP contribution in [0.4, 0.5) is 0 Å². The van der Waals surface area contributed by atoms with Crippen LogP contribution in [0, 0.1) is 0 Å². The molecular weight excluding hydrogens is 294 g/mol. The highest BCUT2D eigenvalue weighted by atomic mass is 28.3. The molecule has 0 bridgehead atoms. The van der Waals surface area contributed by atoms with E-state index < -0.39 is 8.07 Å². The van der Waals surface area contributed by atoms with Gasteiger partial charge in [-0.3, -0.25) is 4.79 Å². The van der Waals surface area contributed by atoms with Crippen LogP contribution in [0.3, 0.4) is 0 Å². The van der Waals surface area contributed by atoms with Crippen molar-refractivity contribution in [2.24, 2.45) is 12.2 Å². The second-order valence-corrected chi connectivity index (χ2v) is 12.3. The molecule has 1 aromatic carbocycles. The van der Waals surface area contributed by atoms with Gasteiger partial charge in [0.1, 0.15) is 5.69 Å². The van der Waals surface area contributed by atoms with Crippen LogP contribution in [0.15, 0.2) is 34.2 Å². The van der Waals surface area contributed by atoms with Crippen LogP contribution < -0.4 is 5.56 Å². The monoisotopic (exact) mass is 315 g/mol. The van der Waals surface area contributed by atoms with Gasteiger partial charge >= 0.3 is 0 Å². The number of nitrogens with zero attached hydrogens (tertiary/aromatic N) is 5. The number of rotatable bonds is 5. The first kappa shape index (κ1) is 16.3. The van der Waals surface area contributed by atoms with Gasteiger partial charge in [0.05, 0.1) is 11.0 Å². The fourth-order valence-corrected chi connectivity index (χ4v) is 4.49. The Morgan fingerprint density at radius 2 is 2.05 bits per heavy atom. The maximum atomic E-state index is 12.7. The molecule has 0 fully saturated rings. The second-order valence-electron chi connectivity index (χ2n) is 6.73. The molecule has 0 aliphatic heterocycles. The second kappa shape index (κ2) is 6.33. The normalized spacial score (nSPS) is 12.9. The Hall–Kier alpha value is -2.11. The Kier molecular flexibility index (Phi) is 4.68. The van der Waals surface area contributed by atoms with Crippen molar-refractivity contribution in [2.45, 2.75) is 31.6 Å². The summed E-state index contributed by atoms with van der Waals surface area (Å²) in [5.41, 5.74) is 10.6. The van der Waals surface area contributed by atoms with Crippen LogP contribution in [0.2, 0.25) is 25.7 Å². The Morgan fingerprint density at radius 1 is 1.36 bits per heavy atom. The minimum absolute atomic E-state index is 0.102. The van der Waals surface area contributed by atoms with Gasteiger partial charge in [-0.1, -0.05) is 36.9 Å². The van der Waals surface area contributed by atoms with E-state index in [0.29, 0.717) is 5.69 Å². The van der Waals surface area contributed by atoms with Crippen LogP contribution in [-0.2, 0) is 7.05 Å². The number of hydrogen-bond acceptors (Lipinski definition) is 3. The molecule has 2 aromatic rings. The summed E-state index contributed by atoms with van der Waals surface area (Å²) >= 11 is 0. The summed E-state index contributed by atoms with van der Waals surface area (Å²) in [5.74, 6) is -0.120. The number of para-hydroxylation sites is 2. The summed E-state index contributed by atoms with van der Waals surface area (Å²) in [4.78, 5) is 20.1. The predicted octanol–water partition coefficient (Wildman–Crippen LogP) is 3.67. The van der Waals surface area contributed by atoms with Crippen molar-refractivity contribution in [3.63, 3.8) is 0 Å². The van der Waals surface area contributed by atoms with Gasteiger partial charge in [0, 0.05) is 32.5 Å². The molecule has 0 saturated heterocycles. The highest BCUT2D eigenvalue weighted by molar-refractivity contribution is 6.76. The molecule has 2 rings (SSSR count). The molecule has 0 aliphatic rings. The van der Waals surface area contributed by atoms with E-state index in [1.807, 2.05) is 24.3 Å². The lowest BCUT2D eigenvalue weighted by Gasteiger charge is -2.23. The summed E-state index contributed by atoms with van der Waals surface area (Å²) in [5, 5.41) is 3.70. The van der Waals surface area contributed by atoms with Gasteiger partial charge in [-0.2, -0.15) is 0 Å². The van der Waals surface area contributed by atoms with Gasteiger partial charge in [0.25, 0.3) is 5.56 Å². The highest BCUT2D eigenvalue weighted by Crippen LogP contribution is 2.25. The summed E-state index contributed by atoms with van der Waals surface area (Å²) < 4.78 is 1.63. The minimum atomic E-state index is -1.43. The maximum Gasteiger partial charge on any atom is 0.272 e. The average molecular weight is 315 g/mol. The first-order valence-corrected chi connectivity index (χ1v) is 11.0. The fourth-order valence-electron chi connectivity index (χ4n) is 2.69. The van der Waals surface area contributed by atoms with Crippen LogP contribution in [-0.4, -0.2) is 24.2 Å². The molecule has 1 heterocycles. The van der Waals surface area contributed by atoms with Crippen molar-refractivity contribution in [1.82, 2.24) is 9.55 Å². The van der Waals surface area contributed by atoms with E-state index >= 15 is 0 Å². The Balaban J connectivity index is 2.60. The van der Waals surface area contributed by atoms with Crippen LogP contribution >= 0.6 is 0 Å². The quantitative estimate of drug-likeness (QED) is 0.365. The zero-order chi connectivity index (χ0) is 16.3. The van der Waals surface area contributed by atoms with Gasteiger partial charge in [-0.25, -0.2) is 4.98 Å². The molecule has 0 unspecified atom stereocenters. The minimum Gasteiger partial charge on any atom is -0.308 e. The maximum absolute atomic E-state index is 12.7. The highest BCUT2D eigenvalue weighted by Gasteiger charge is 2.25. The van der Waals surface area contributed by atoms with Gasteiger partial charge in [0.2, 0.25) is 0 Å². The number of fused-ring (bicyclic) bond motifs is 1. The third-order valence-corrected chi connectivity index (χ3v) is 5.34. The number of benzene rings is 1. The first-order valence-electron chi connectivity index (χ1n) is 7.30. The van der Waals surface area contributed by atoms with Crippen LogP contribution in [0.1, 0.15) is 11.6 Å². The largest absolute Gasteiger partial charge is 0.308 e. The van der Waals surface area contributed by atoms with Crippen molar-refractivity contribution in [3.05, 3.63) is 50.8 Å². The van der Waals surface area contributed by atoms with Gasteiger partial charge < -0.3 is 4.57 Å².